The third-order valence-electron chi connectivity index (χ3n) is 4.43. The molecule has 2 aliphatic rings. The summed E-state index contributed by atoms with van der Waals surface area (Å²) in [7, 11) is 0. The molecule has 0 aliphatic heterocycles. The number of anilines is 1. The van der Waals surface area contributed by atoms with Gasteiger partial charge in [0.1, 0.15) is 0 Å². The Kier molecular flexibility index (Phi) is 4.62. The minimum atomic E-state index is 0.963. The smallest absolute Gasteiger partial charge is 0.0412 e. The molecule has 110 valence electrons. The maximum absolute atomic E-state index is 3.56. The zero-order valence-corrected chi connectivity index (χ0v) is 12.8. The molecule has 0 radical (unpaired) electrons. The summed E-state index contributed by atoms with van der Waals surface area (Å²) in [4.78, 5) is 2.68. The second-order valence-corrected chi connectivity index (χ2v) is 6.60. The minimum absolute atomic E-state index is 0.963. The van der Waals surface area contributed by atoms with Gasteiger partial charge < -0.3 is 10.2 Å². The molecule has 2 aliphatic carbocycles. The van der Waals surface area contributed by atoms with Gasteiger partial charge in [-0.3, -0.25) is 0 Å². The number of benzene rings is 1. The summed E-state index contributed by atoms with van der Waals surface area (Å²) in [5.74, 6) is 1.93. The summed E-state index contributed by atoms with van der Waals surface area (Å²) >= 11 is 0. The summed E-state index contributed by atoms with van der Waals surface area (Å²) < 4.78 is 0. The van der Waals surface area contributed by atoms with E-state index in [1.54, 1.807) is 0 Å². The molecule has 0 amide bonds. The fourth-order valence-corrected chi connectivity index (χ4v) is 2.86. The molecular formula is C18H28N2. The maximum Gasteiger partial charge on any atom is 0.0412 e. The van der Waals surface area contributed by atoms with Gasteiger partial charge >= 0.3 is 0 Å². The standard InChI is InChI=1S/C18H28N2/c1-2-11-19-12-17-5-3-4-6-18(17)20(13-15-7-8-15)14-16-9-10-16/h3-6,15-16,19H,2,7-14H2,1H3. The van der Waals surface area contributed by atoms with Crippen LogP contribution in [-0.4, -0.2) is 19.6 Å². The largest absolute Gasteiger partial charge is 0.371 e. The van der Waals surface area contributed by atoms with Crippen LogP contribution in [0.4, 0.5) is 5.69 Å². The first-order valence-corrected chi connectivity index (χ1v) is 8.40. The van der Waals surface area contributed by atoms with Crippen LogP contribution in [0.3, 0.4) is 0 Å². The van der Waals surface area contributed by atoms with Gasteiger partial charge in [-0.05, 0) is 62.1 Å². The van der Waals surface area contributed by atoms with E-state index in [0.29, 0.717) is 0 Å². The molecular weight excluding hydrogens is 244 g/mol. The van der Waals surface area contributed by atoms with E-state index in [2.05, 4.69) is 41.4 Å². The van der Waals surface area contributed by atoms with Crippen LogP contribution in [0.15, 0.2) is 24.3 Å². The van der Waals surface area contributed by atoms with Crippen LogP contribution in [0.25, 0.3) is 0 Å². The van der Waals surface area contributed by atoms with Crippen LogP contribution in [0, 0.1) is 11.8 Å². The van der Waals surface area contributed by atoms with Crippen LogP contribution in [0.5, 0.6) is 0 Å². The minimum Gasteiger partial charge on any atom is -0.371 e. The van der Waals surface area contributed by atoms with E-state index in [0.717, 1.165) is 24.9 Å². The van der Waals surface area contributed by atoms with Gasteiger partial charge in [-0.2, -0.15) is 0 Å². The third-order valence-corrected chi connectivity index (χ3v) is 4.43. The molecule has 0 unspecified atom stereocenters. The van der Waals surface area contributed by atoms with Crippen molar-refractivity contribution in [3.05, 3.63) is 29.8 Å². The number of hydrogen-bond acceptors (Lipinski definition) is 2. The van der Waals surface area contributed by atoms with Crippen molar-refractivity contribution in [2.75, 3.05) is 24.5 Å². The molecule has 20 heavy (non-hydrogen) atoms. The molecule has 0 saturated heterocycles. The molecule has 0 aromatic heterocycles. The first kappa shape index (κ1) is 13.9. The van der Waals surface area contributed by atoms with Gasteiger partial charge in [0.2, 0.25) is 0 Å². The summed E-state index contributed by atoms with van der Waals surface area (Å²) in [6, 6.07) is 9.00. The van der Waals surface area contributed by atoms with Crippen LogP contribution in [-0.2, 0) is 6.54 Å². The van der Waals surface area contributed by atoms with E-state index in [9.17, 15) is 0 Å². The van der Waals surface area contributed by atoms with Crippen LogP contribution >= 0.6 is 0 Å². The number of nitrogens with zero attached hydrogens (tertiary/aromatic N) is 1. The monoisotopic (exact) mass is 272 g/mol. The Hall–Kier alpha value is -1.02. The van der Waals surface area contributed by atoms with Gasteiger partial charge in [0.25, 0.3) is 0 Å². The highest BCUT2D eigenvalue weighted by Gasteiger charge is 2.29. The van der Waals surface area contributed by atoms with E-state index in [1.165, 1.54) is 56.4 Å². The van der Waals surface area contributed by atoms with E-state index in [4.69, 9.17) is 0 Å². The Morgan fingerprint density at radius 3 is 2.30 bits per heavy atom. The summed E-state index contributed by atoms with van der Waals surface area (Å²) in [5.41, 5.74) is 2.96. The Balaban J connectivity index is 1.69. The molecule has 2 fully saturated rings. The maximum atomic E-state index is 3.56. The summed E-state index contributed by atoms with van der Waals surface area (Å²) in [6.07, 6.45) is 6.97. The van der Waals surface area contributed by atoms with Gasteiger partial charge in [0.15, 0.2) is 0 Å². The molecule has 0 atom stereocenters. The Bertz CT molecular complexity index is 407. The predicted octanol–water partition coefficient (Wildman–Crippen LogP) is 3.81. The molecule has 3 rings (SSSR count). The number of rotatable bonds is 9. The van der Waals surface area contributed by atoms with Crippen molar-refractivity contribution in [1.82, 2.24) is 5.32 Å². The third kappa shape index (κ3) is 3.99. The summed E-state index contributed by atoms with van der Waals surface area (Å²) in [6.45, 7) is 6.91. The van der Waals surface area contributed by atoms with Crippen molar-refractivity contribution < 1.29 is 0 Å². The molecule has 2 nitrogen and oxygen atoms in total. The van der Waals surface area contributed by atoms with E-state index < -0.39 is 0 Å². The zero-order valence-electron chi connectivity index (χ0n) is 12.8. The lowest BCUT2D eigenvalue weighted by Crippen LogP contribution is -2.29. The Morgan fingerprint density at radius 1 is 1.05 bits per heavy atom. The van der Waals surface area contributed by atoms with E-state index >= 15 is 0 Å². The highest BCUT2D eigenvalue weighted by atomic mass is 15.1. The molecule has 2 saturated carbocycles. The summed E-state index contributed by atoms with van der Waals surface area (Å²) in [5, 5.41) is 3.56. The lowest BCUT2D eigenvalue weighted by atomic mass is 10.1. The van der Waals surface area contributed by atoms with Gasteiger partial charge in [0.05, 0.1) is 0 Å². The number of nitrogens with one attached hydrogen (secondary N) is 1. The average molecular weight is 272 g/mol. The number of para-hydroxylation sites is 1. The van der Waals surface area contributed by atoms with E-state index in [1.807, 2.05) is 0 Å². The molecule has 0 spiro atoms. The van der Waals surface area contributed by atoms with Crippen molar-refractivity contribution in [3.63, 3.8) is 0 Å². The van der Waals surface area contributed by atoms with Gasteiger partial charge in [0, 0.05) is 25.3 Å². The van der Waals surface area contributed by atoms with Crippen molar-refractivity contribution >= 4 is 5.69 Å². The van der Waals surface area contributed by atoms with Crippen molar-refractivity contribution in [2.45, 2.75) is 45.6 Å². The normalized spacial score (nSPS) is 18.2. The molecule has 0 bridgehead atoms. The molecule has 2 heteroatoms. The second-order valence-electron chi connectivity index (χ2n) is 6.60. The first-order valence-electron chi connectivity index (χ1n) is 8.40. The van der Waals surface area contributed by atoms with Gasteiger partial charge in [-0.25, -0.2) is 0 Å². The molecule has 1 aromatic rings. The van der Waals surface area contributed by atoms with Crippen LogP contribution in [0.2, 0.25) is 0 Å². The second kappa shape index (κ2) is 6.62. The highest BCUT2D eigenvalue weighted by molar-refractivity contribution is 5.54. The van der Waals surface area contributed by atoms with Crippen molar-refractivity contribution in [2.24, 2.45) is 11.8 Å². The number of hydrogen-bond donors (Lipinski definition) is 1. The van der Waals surface area contributed by atoms with Crippen LogP contribution in [0.1, 0.15) is 44.6 Å². The quantitative estimate of drug-likeness (QED) is 0.688. The zero-order chi connectivity index (χ0) is 13.8. The van der Waals surface area contributed by atoms with Gasteiger partial charge in [-0.15, -0.1) is 0 Å². The Morgan fingerprint density at radius 2 is 1.70 bits per heavy atom. The van der Waals surface area contributed by atoms with E-state index in [-0.39, 0.29) is 0 Å². The highest BCUT2D eigenvalue weighted by Crippen LogP contribution is 2.36. The first-order chi connectivity index (χ1) is 9.86. The molecule has 1 aromatic carbocycles. The molecule has 0 heterocycles. The topological polar surface area (TPSA) is 15.3 Å². The Labute approximate surface area is 123 Å². The van der Waals surface area contributed by atoms with Crippen molar-refractivity contribution in [3.8, 4) is 0 Å². The lowest BCUT2D eigenvalue weighted by molar-refractivity contribution is 0.655. The SMILES string of the molecule is CCCNCc1ccccc1N(CC1CC1)CC1CC1. The predicted molar refractivity (Wildman–Crippen MR) is 86.1 cm³/mol. The fraction of sp³-hybridized carbons (Fsp3) is 0.667. The lowest BCUT2D eigenvalue weighted by Gasteiger charge is -2.27. The fourth-order valence-electron chi connectivity index (χ4n) is 2.86. The van der Waals surface area contributed by atoms with Crippen molar-refractivity contribution in [1.29, 1.82) is 0 Å². The average Bonchev–Trinajstić information content (AvgIpc) is 3.34. The molecule has 1 N–H and O–H groups in total. The van der Waals surface area contributed by atoms with Crippen LogP contribution < -0.4 is 10.2 Å². The van der Waals surface area contributed by atoms with Gasteiger partial charge in [-0.1, -0.05) is 25.1 Å².